The lowest BCUT2D eigenvalue weighted by Gasteiger charge is -2.18. The molecule has 0 radical (unpaired) electrons. The van der Waals surface area contributed by atoms with Gasteiger partial charge in [0.2, 0.25) is 0 Å². The molecule has 1 N–H and O–H groups in total. The summed E-state index contributed by atoms with van der Waals surface area (Å²) in [5.74, 6) is -1.02. The third kappa shape index (κ3) is 3.35. The second-order valence-electron chi connectivity index (χ2n) is 4.30. The van der Waals surface area contributed by atoms with Crippen LogP contribution in [0.3, 0.4) is 0 Å². The van der Waals surface area contributed by atoms with Crippen molar-refractivity contribution in [2.75, 3.05) is 6.54 Å². The molecule has 2 aromatic rings. The molecule has 0 bridgehead atoms. The third-order valence-corrected chi connectivity index (χ3v) is 3.01. The number of rotatable bonds is 5. The summed E-state index contributed by atoms with van der Waals surface area (Å²) in [5.41, 5.74) is 1.03. The number of hydrogen-bond acceptors (Lipinski definition) is 2. The fraction of sp³-hybridized carbons (Fsp3) is 0.267. The van der Waals surface area contributed by atoms with Crippen LogP contribution in [-0.4, -0.2) is 11.5 Å². The van der Waals surface area contributed by atoms with E-state index in [0.29, 0.717) is 0 Å². The number of likely N-dealkylation sites (N-methyl/N-ethyl adjacent to an activating group) is 1. The summed E-state index contributed by atoms with van der Waals surface area (Å²) in [6.07, 6.45) is 3.65. The molecule has 4 heteroatoms. The largest absolute Gasteiger partial charge is 0.310 e. The van der Waals surface area contributed by atoms with Crippen LogP contribution < -0.4 is 5.32 Å². The minimum absolute atomic E-state index is 0.109. The van der Waals surface area contributed by atoms with Gasteiger partial charge in [-0.3, -0.25) is 4.98 Å². The predicted octanol–water partition coefficient (Wildman–Crippen LogP) is 3.25. The summed E-state index contributed by atoms with van der Waals surface area (Å²) in [7, 11) is 0. The van der Waals surface area contributed by atoms with Gasteiger partial charge in [-0.25, -0.2) is 8.78 Å². The fourth-order valence-corrected chi connectivity index (χ4v) is 2.07. The number of halogens is 2. The molecule has 1 unspecified atom stereocenters. The lowest BCUT2D eigenvalue weighted by molar-refractivity contribution is 0.498. The molecule has 0 saturated heterocycles. The monoisotopic (exact) mass is 262 g/mol. The second kappa shape index (κ2) is 6.38. The first kappa shape index (κ1) is 13.6. The Labute approximate surface area is 111 Å². The molecule has 2 nitrogen and oxygen atoms in total. The number of pyridine rings is 1. The SMILES string of the molecule is CCNC(Cc1c(F)cccc1F)c1cccnc1. The van der Waals surface area contributed by atoms with Crippen LogP contribution in [-0.2, 0) is 6.42 Å². The summed E-state index contributed by atoms with van der Waals surface area (Å²) in [6, 6.07) is 7.51. The van der Waals surface area contributed by atoms with Crippen LogP contribution in [0.2, 0.25) is 0 Å². The Morgan fingerprint density at radius 3 is 2.47 bits per heavy atom. The Hall–Kier alpha value is -1.81. The van der Waals surface area contributed by atoms with E-state index in [-0.39, 0.29) is 18.0 Å². The van der Waals surface area contributed by atoms with E-state index in [1.54, 1.807) is 12.4 Å². The summed E-state index contributed by atoms with van der Waals surface area (Å²) in [5, 5.41) is 3.23. The Kier molecular flexibility index (Phi) is 4.58. The molecule has 1 aromatic heterocycles. The van der Waals surface area contributed by atoms with Gasteiger partial charge in [-0.2, -0.15) is 0 Å². The number of aromatic nitrogens is 1. The van der Waals surface area contributed by atoms with Crippen LogP contribution in [0.15, 0.2) is 42.7 Å². The van der Waals surface area contributed by atoms with Crippen molar-refractivity contribution < 1.29 is 8.78 Å². The van der Waals surface area contributed by atoms with Crippen molar-refractivity contribution in [2.45, 2.75) is 19.4 Å². The van der Waals surface area contributed by atoms with Crippen molar-refractivity contribution in [3.63, 3.8) is 0 Å². The van der Waals surface area contributed by atoms with Gasteiger partial charge in [0, 0.05) is 24.0 Å². The molecule has 0 aliphatic rings. The van der Waals surface area contributed by atoms with E-state index in [9.17, 15) is 8.78 Å². The van der Waals surface area contributed by atoms with Crippen LogP contribution in [0.25, 0.3) is 0 Å². The van der Waals surface area contributed by atoms with E-state index in [2.05, 4.69) is 10.3 Å². The van der Waals surface area contributed by atoms with Crippen molar-refractivity contribution >= 4 is 0 Å². The summed E-state index contributed by atoms with van der Waals surface area (Å²) in [6.45, 7) is 2.68. The Morgan fingerprint density at radius 1 is 1.16 bits per heavy atom. The van der Waals surface area contributed by atoms with Gasteiger partial charge in [0.15, 0.2) is 0 Å². The molecule has 1 heterocycles. The van der Waals surface area contributed by atoms with Crippen LogP contribution in [0.1, 0.15) is 24.1 Å². The zero-order valence-corrected chi connectivity index (χ0v) is 10.7. The smallest absolute Gasteiger partial charge is 0.129 e. The molecule has 1 atom stereocenters. The number of hydrogen-bond donors (Lipinski definition) is 1. The van der Waals surface area contributed by atoms with Crippen molar-refractivity contribution in [1.29, 1.82) is 0 Å². The summed E-state index contributed by atoms with van der Waals surface area (Å²) < 4.78 is 27.4. The summed E-state index contributed by atoms with van der Waals surface area (Å²) >= 11 is 0. The van der Waals surface area contributed by atoms with Crippen LogP contribution in [0.5, 0.6) is 0 Å². The van der Waals surface area contributed by atoms with E-state index >= 15 is 0 Å². The molecule has 0 aliphatic carbocycles. The molecule has 2 rings (SSSR count). The molecule has 0 saturated carbocycles. The Balaban J connectivity index is 2.27. The van der Waals surface area contributed by atoms with Gasteiger partial charge in [0.05, 0.1) is 0 Å². The molecule has 19 heavy (non-hydrogen) atoms. The van der Waals surface area contributed by atoms with Gasteiger partial charge in [-0.1, -0.05) is 19.1 Å². The molecule has 0 amide bonds. The maximum absolute atomic E-state index is 13.7. The van der Waals surface area contributed by atoms with Gasteiger partial charge in [-0.15, -0.1) is 0 Å². The van der Waals surface area contributed by atoms with E-state index in [1.165, 1.54) is 18.2 Å². The number of nitrogens with zero attached hydrogens (tertiary/aromatic N) is 1. The van der Waals surface area contributed by atoms with Crippen molar-refractivity contribution in [2.24, 2.45) is 0 Å². The van der Waals surface area contributed by atoms with Gasteiger partial charge < -0.3 is 5.32 Å². The number of benzene rings is 1. The summed E-state index contributed by atoms with van der Waals surface area (Å²) in [4.78, 5) is 4.05. The van der Waals surface area contributed by atoms with E-state index in [0.717, 1.165) is 12.1 Å². The zero-order chi connectivity index (χ0) is 13.7. The van der Waals surface area contributed by atoms with Gasteiger partial charge >= 0.3 is 0 Å². The highest BCUT2D eigenvalue weighted by atomic mass is 19.1. The maximum atomic E-state index is 13.7. The van der Waals surface area contributed by atoms with E-state index in [4.69, 9.17) is 0 Å². The normalized spacial score (nSPS) is 12.4. The highest BCUT2D eigenvalue weighted by Crippen LogP contribution is 2.21. The second-order valence-corrected chi connectivity index (χ2v) is 4.30. The van der Waals surface area contributed by atoms with Crippen LogP contribution >= 0.6 is 0 Å². The zero-order valence-electron chi connectivity index (χ0n) is 10.7. The fourth-order valence-electron chi connectivity index (χ4n) is 2.07. The van der Waals surface area contributed by atoms with E-state index in [1.807, 2.05) is 19.1 Å². The van der Waals surface area contributed by atoms with Crippen molar-refractivity contribution in [3.05, 3.63) is 65.5 Å². The minimum atomic E-state index is -0.508. The maximum Gasteiger partial charge on any atom is 0.129 e. The topological polar surface area (TPSA) is 24.9 Å². The molecule has 0 fully saturated rings. The molecular formula is C15H16F2N2. The average molecular weight is 262 g/mol. The van der Waals surface area contributed by atoms with Crippen molar-refractivity contribution in [3.8, 4) is 0 Å². The molecular weight excluding hydrogens is 246 g/mol. The van der Waals surface area contributed by atoms with Gasteiger partial charge in [-0.05, 0) is 36.7 Å². The minimum Gasteiger partial charge on any atom is -0.310 e. The van der Waals surface area contributed by atoms with Crippen molar-refractivity contribution in [1.82, 2.24) is 10.3 Å². The molecule has 100 valence electrons. The first-order chi connectivity index (χ1) is 9.22. The first-order valence-corrected chi connectivity index (χ1v) is 6.28. The van der Waals surface area contributed by atoms with Gasteiger partial charge in [0.1, 0.15) is 11.6 Å². The number of nitrogens with one attached hydrogen (secondary N) is 1. The molecule has 0 aliphatic heterocycles. The van der Waals surface area contributed by atoms with Crippen LogP contribution in [0, 0.1) is 11.6 Å². The van der Waals surface area contributed by atoms with Gasteiger partial charge in [0.25, 0.3) is 0 Å². The Morgan fingerprint density at radius 2 is 1.89 bits per heavy atom. The standard InChI is InChI=1S/C15H16F2N2/c1-2-19-15(11-5-4-8-18-10-11)9-12-13(16)6-3-7-14(12)17/h3-8,10,15,19H,2,9H2,1H3. The predicted molar refractivity (Wildman–Crippen MR) is 70.7 cm³/mol. The average Bonchev–Trinajstić information content (AvgIpc) is 2.43. The van der Waals surface area contributed by atoms with Crippen LogP contribution in [0.4, 0.5) is 8.78 Å². The molecule has 0 spiro atoms. The third-order valence-electron chi connectivity index (χ3n) is 3.01. The Bertz CT molecular complexity index is 509. The highest BCUT2D eigenvalue weighted by molar-refractivity contribution is 5.24. The first-order valence-electron chi connectivity index (χ1n) is 6.28. The lowest BCUT2D eigenvalue weighted by Crippen LogP contribution is -2.24. The highest BCUT2D eigenvalue weighted by Gasteiger charge is 2.16. The molecule has 1 aromatic carbocycles. The van der Waals surface area contributed by atoms with E-state index < -0.39 is 11.6 Å². The lowest BCUT2D eigenvalue weighted by atomic mass is 9.99. The quantitative estimate of drug-likeness (QED) is 0.894.